The third-order valence-corrected chi connectivity index (χ3v) is 3.93. The van der Waals surface area contributed by atoms with Crippen LogP contribution >= 0.6 is 11.3 Å². The Labute approximate surface area is 95.5 Å². The number of aliphatic hydroxyl groups excluding tert-OH is 1. The zero-order chi connectivity index (χ0) is 10.7. The van der Waals surface area contributed by atoms with Gasteiger partial charge in [-0.1, -0.05) is 6.42 Å². The van der Waals surface area contributed by atoms with Gasteiger partial charge in [0.05, 0.1) is 6.10 Å². The van der Waals surface area contributed by atoms with Crippen LogP contribution in [0.25, 0.3) is 0 Å². The normalized spacial score (nSPS) is 26.3. The Kier molecular flexibility index (Phi) is 3.78. The minimum Gasteiger partial charge on any atom is -0.393 e. The van der Waals surface area contributed by atoms with Crippen LogP contribution in [0.4, 0.5) is 0 Å². The third-order valence-electron chi connectivity index (χ3n) is 3.20. The molecule has 15 heavy (non-hydrogen) atoms. The first-order valence-electron chi connectivity index (χ1n) is 5.63. The van der Waals surface area contributed by atoms with Crippen LogP contribution in [0.2, 0.25) is 0 Å². The topological polar surface area (TPSA) is 23.5 Å². The largest absolute Gasteiger partial charge is 0.393 e. The summed E-state index contributed by atoms with van der Waals surface area (Å²) < 4.78 is 0. The van der Waals surface area contributed by atoms with Crippen molar-refractivity contribution in [3.8, 4) is 0 Å². The molecule has 0 aliphatic heterocycles. The Morgan fingerprint density at radius 1 is 1.53 bits per heavy atom. The standard InChI is InChI=1S/C12H19NOS/c1-13(7-10-5-6-15-9-10)8-11-3-2-4-12(11)14/h5-6,9,11-12,14H,2-4,7-8H2,1H3. The van der Waals surface area contributed by atoms with Gasteiger partial charge in [-0.25, -0.2) is 0 Å². The lowest BCUT2D eigenvalue weighted by Gasteiger charge is -2.22. The second-order valence-corrected chi connectivity index (χ2v) is 5.37. The second-order valence-electron chi connectivity index (χ2n) is 4.59. The summed E-state index contributed by atoms with van der Waals surface area (Å²) in [4.78, 5) is 2.32. The van der Waals surface area contributed by atoms with E-state index in [0.29, 0.717) is 5.92 Å². The summed E-state index contributed by atoms with van der Waals surface area (Å²) in [6, 6.07) is 2.17. The van der Waals surface area contributed by atoms with Gasteiger partial charge in [0.25, 0.3) is 0 Å². The van der Waals surface area contributed by atoms with Gasteiger partial charge in [-0.15, -0.1) is 0 Å². The monoisotopic (exact) mass is 225 g/mol. The van der Waals surface area contributed by atoms with Crippen molar-refractivity contribution in [2.24, 2.45) is 5.92 Å². The molecule has 0 aromatic carbocycles. The van der Waals surface area contributed by atoms with Crippen molar-refractivity contribution in [3.05, 3.63) is 22.4 Å². The summed E-state index contributed by atoms with van der Waals surface area (Å²) >= 11 is 1.75. The Balaban J connectivity index is 1.79. The van der Waals surface area contributed by atoms with E-state index in [0.717, 1.165) is 19.5 Å². The molecule has 1 aliphatic carbocycles. The quantitative estimate of drug-likeness (QED) is 0.850. The highest BCUT2D eigenvalue weighted by Crippen LogP contribution is 2.26. The van der Waals surface area contributed by atoms with Crippen LogP contribution < -0.4 is 0 Å². The fourth-order valence-corrected chi connectivity index (χ4v) is 3.05. The van der Waals surface area contributed by atoms with Gasteiger partial charge in [0.1, 0.15) is 0 Å². The number of aliphatic hydroxyl groups is 1. The van der Waals surface area contributed by atoms with Crippen molar-refractivity contribution < 1.29 is 5.11 Å². The van der Waals surface area contributed by atoms with E-state index in [1.807, 2.05) is 0 Å². The predicted molar refractivity (Wildman–Crippen MR) is 64.0 cm³/mol. The first kappa shape index (κ1) is 11.1. The van der Waals surface area contributed by atoms with Crippen molar-refractivity contribution in [3.63, 3.8) is 0 Å². The van der Waals surface area contributed by atoms with Gasteiger partial charge >= 0.3 is 0 Å². The van der Waals surface area contributed by atoms with E-state index in [4.69, 9.17) is 0 Å². The number of hydrogen-bond acceptors (Lipinski definition) is 3. The van der Waals surface area contributed by atoms with E-state index in [-0.39, 0.29) is 6.10 Å². The second kappa shape index (κ2) is 5.10. The van der Waals surface area contributed by atoms with Crippen molar-refractivity contribution in [2.75, 3.05) is 13.6 Å². The zero-order valence-electron chi connectivity index (χ0n) is 9.22. The van der Waals surface area contributed by atoms with Gasteiger partial charge in [-0.3, -0.25) is 0 Å². The summed E-state index contributed by atoms with van der Waals surface area (Å²) in [5.74, 6) is 0.494. The van der Waals surface area contributed by atoms with E-state index >= 15 is 0 Å². The maximum atomic E-state index is 9.74. The highest BCUT2D eigenvalue weighted by atomic mass is 32.1. The fraction of sp³-hybridized carbons (Fsp3) is 0.667. The molecule has 1 saturated carbocycles. The molecule has 1 aromatic heterocycles. The van der Waals surface area contributed by atoms with Crippen molar-refractivity contribution >= 4 is 11.3 Å². The maximum Gasteiger partial charge on any atom is 0.0580 e. The van der Waals surface area contributed by atoms with Crippen LogP contribution in [0.15, 0.2) is 16.8 Å². The Bertz CT molecular complexity index is 286. The van der Waals surface area contributed by atoms with Gasteiger partial charge in [-0.05, 0) is 48.2 Å². The Morgan fingerprint density at radius 2 is 2.40 bits per heavy atom. The van der Waals surface area contributed by atoms with Crippen LogP contribution in [0.1, 0.15) is 24.8 Å². The lowest BCUT2D eigenvalue weighted by molar-refractivity contribution is 0.108. The molecule has 1 N–H and O–H groups in total. The first-order chi connectivity index (χ1) is 7.25. The summed E-state index contributed by atoms with van der Waals surface area (Å²) in [6.07, 6.45) is 3.32. The molecule has 2 atom stereocenters. The van der Waals surface area contributed by atoms with E-state index in [2.05, 4.69) is 28.8 Å². The number of nitrogens with zero attached hydrogens (tertiary/aromatic N) is 1. The minimum absolute atomic E-state index is 0.0603. The molecule has 2 nitrogen and oxygen atoms in total. The zero-order valence-corrected chi connectivity index (χ0v) is 10.0. The molecular formula is C12H19NOS. The highest BCUT2D eigenvalue weighted by molar-refractivity contribution is 7.07. The Morgan fingerprint density at radius 3 is 3.00 bits per heavy atom. The molecule has 1 aliphatic rings. The lowest BCUT2D eigenvalue weighted by Crippen LogP contribution is -2.29. The third kappa shape index (κ3) is 3.03. The van der Waals surface area contributed by atoms with Crippen LogP contribution in [0.3, 0.4) is 0 Å². The molecule has 0 spiro atoms. The summed E-state index contributed by atoms with van der Waals surface area (Å²) in [5, 5.41) is 14.1. The summed E-state index contributed by atoms with van der Waals surface area (Å²) in [5.41, 5.74) is 1.38. The Hall–Kier alpha value is -0.380. The minimum atomic E-state index is -0.0603. The van der Waals surface area contributed by atoms with Crippen LogP contribution in [-0.4, -0.2) is 29.7 Å². The molecule has 2 rings (SSSR count). The van der Waals surface area contributed by atoms with Crippen molar-refractivity contribution in [1.29, 1.82) is 0 Å². The summed E-state index contributed by atoms with van der Waals surface area (Å²) in [6.45, 7) is 2.03. The molecule has 3 heteroatoms. The van der Waals surface area contributed by atoms with Crippen LogP contribution in [0, 0.1) is 5.92 Å². The molecule has 1 aromatic rings. The molecule has 1 heterocycles. The van der Waals surface area contributed by atoms with Crippen molar-refractivity contribution in [2.45, 2.75) is 31.9 Å². The summed E-state index contributed by atoms with van der Waals surface area (Å²) in [7, 11) is 2.14. The highest BCUT2D eigenvalue weighted by Gasteiger charge is 2.25. The number of rotatable bonds is 4. The molecule has 0 saturated heterocycles. The van der Waals surface area contributed by atoms with E-state index in [1.54, 1.807) is 11.3 Å². The number of thiophene rings is 1. The van der Waals surface area contributed by atoms with E-state index in [9.17, 15) is 5.11 Å². The fourth-order valence-electron chi connectivity index (χ4n) is 2.39. The average Bonchev–Trinajstić information content (AvgIpc) is 2.79. The molecule has 0 amide bonds. The van der Waals surface area contributed by atoms with Gasteiger partial charge in [0.2, 0.25) is 0 Å². The van der Waals surface area contributed by atoms with Crippen molar-refractivity contribution in [1.82, 2.24) is 4.90 Å². The van der Waals surface area contributed by atoms with Crippen LogP contribution in [0.5, 0.6) is 0 Å². The molecule has 0 radical (unpaired) electrons. The molecule has 0 bridgehead atoms. The van der Waals surface area contributed by atoms with Gasteiger partial charge in [-0.2, -0.15) is 11.3 Å². The SMILES string of the molecule is CN(Cc1ccsc1)CC1CCCC1O. The molecule has 2 unspecified atom stereocenters. The maximum absolute atomic E-state index is 9.74. The van der Waals surface area contributed by atoms with E-state index in [1.165, 1.54) is 18.4 Å². The van der Waals surface area contributed by atoms with Gasteiger partial charge in [0, 0.05) is 13.1 Å². The molecular weight excluding hydrogens is 206 g/mol. The average molecular weight is 225 g/mol. The lowest BCUT2D eigenvalue weighted by atomic mass is 10.1. The molecule has 1 fully saturated rings. The van der Waals surface area contributed by atoms with Gasteiger partial charge in [0.15, 0.2) is 0 Å². The van der Waals surface area contributed by atoms with Crippen LogP contribution in [-0.2, 0) is 6.54 Å². The predicted octanol–water partition coefficient (Wildman–Crippen LogP) is 2.34. The first-order valence-corrected chi connectivity index (χ1v) is 6.57. The molecule has 84 valence electrons. The van der Waals surface area contributed by atoms with Gasteiger partial charge < -0.3 is 10.0 Å². The smallest absolute Gasteiger partial charge is 0.0580 e. The number of hydrogen-bond donors (Lipinski definition) is 1. The van der Waals surface area contributed by atoms with E-state index < -0.39 is 0 Å².